The fraction of sp³-hybridized carbons (Fsp3) is 0.231. The number of halogens is 1. The van der Waals surface area contributed by atoms with E-state index in [0.717, 1.165) is 21.3 Å². The molecule has 0 amide bonds. The summed E-state index contributed by atoms with van der Waals surface area (Å²) in [7, 11) is 0. The zero-order chi connectivity index (χ0) is 12.3. The molecule has 1 unspecified atom stereocenters. The lowest BCUT2D eigenvalue weighted by Gasteiger charge is -2.18. The van der Waals surface area contributed by atoms with Crippen LogP contribution in [0.4, 0.5) is 0 Å². The van der Waals surface area contributed by atoms with E-state index < -0.39 is 0 Å². The van der Waals surface area contributed by atoms with E-state index in [9.17, 15) is 0 Å². The zero-order valence-corrected chi connectivity index (χ0v) is 11.9. The number of aryl methyl sites for hydroxylation is 1. The molecule has 1 atom stereocenters. The van der Waals surface area contributed by atoms with Crippen LogP contribution in [0.5, 0.6) is 5.75 Å². The van der Waals surface area contributed by atoms with Crippen LogP contribution in [-0.4, -0.2) is 6.54 Å². The predicted molar refractivity (Wildman–Crippen MR) is 75.6 cm³/mol. The topological polar surface area (TPSA) is 35.2 Å². The summed E-state index contributed by atoms with van der Waals surface area (Å²) in [6.07, 6.45) is -0.0748. The van der Waals surface area contributed by atoms with Crippen LogP contribution in [0.15, 0.2) is 39.5 Å². The highest BCUT2D eigenvalue weighted by Gasteiger charge is 2.13. The Morgan fingerprint density at radius 1 is 1.41 bits per heavy atom. The molecule has 2 aromatic rings. The monoisotopic (exact) mass is 311 g/mol. The van der Waals surface area contributed by atoms with Gasteiger partial charge >= 0.3 is 0 Å². The first-order valence-corrected chi connectivity index (χ1v) is 7.09. The number of thiophene rings is 1. The third-order valence-electron chi connectivity index (χ3n) is 2.55. The molecule has 1 aromatic carbocycles. The summed E-state index contributed by atoms with van der Waals surface area (Å²) < 4.78 is 6.98. The number of hydrogen-bond donors (Lipinski definition) is 1. The molecule has 4 heteroatoms. The second-order valence-corrected chi connectivity index (χ2v) is 5.50. The van der Waals surface area contributed by atoms with Crippen LogP contribution in [-0.2, 0) is 0 Å². The molecule has 17 heavy (non-hydrogen) atoms. The Labute approximate surface area is 114 Å². The van der Waals surface area contributed by atoms with Gasteiger partial charge in [-0.3, -0.25) is 0 Å². The fourth-order valence-electron chi connectivity index (χ4n) is 1.56. The molecular formula is C13H14BrNOS. The largest absolute Gasteiger partial charge is 0.484 e. The van der Waals surface area contributed by atoms with Crippen molar-refractivity contribution in [3.05, 3.63) is 50.6 Å². The lowest BCUT2D eigenvalue weighted by Crippen LogP contribution is -2.18. The maximum atomic E-state index is 5.97. The molecule has 0 saturated carbocycles. The summed E-state index contributed by atoms with van der Waals surface area (Å²) in [4.78, 5) is 0. The average molecular weight is 312 g/mol. The van der Waals surface area contributed by atoms with Gasteiger partial charge in [-0.25, -0.2) is 0 Å². The van der Waals surface area contributed by atoms with Gasteiger partial charge in [0.25, 0.3) is 0 Å². The first-order valence-electron chi connectivity index (χ1n) is 5.35. The maximum absolute atomic E-state index is 5.97. The number of rotatable bonds is 4. The molecule has 0 aliphatic rings. The summed E-state index contributed by atoms with van der Waals surface area (Å²) in [6, 6.07) is 8.06. The van der Waals surface area contributed by atoms with Crippen molar-refractivity contribution in [3.63, 3.8) is 0 Å². The third kappa shape index (κ3) is 3.09. The molecule has 0 radical (unpaired) electrons. The van der Waals surface area contributed by atoms with Gasteiger partial charge in [0.2, 0.25) is 0 Å². The van der Waals surface area contributed by atoms with E-state index in [1.807, 2.05) is 30.5 Å². The summed E-state index contributed by atoms with van der Waals surface area (Å²) in [5.41, 5.74) is 8.02. The number of nitrogens with two attached hydrogens (primary N) is 1. The molecule has 1 aromatic heterocycles. The van der Waals surface area contributed by atoms with E-state index in [-0.39, 0.29) is 6.10 Å². The van der Waals surface area contributed by atoms with Gasteiger partial charge in [0.15, 0.2) is 0 Å². The number of hydrogen-bond acceptors (Lipinski definition) is 3. The van der Waals surface area contributed by atoms with Gasteiger partial charge in [0.1, 0.15) is 11.9 Å². The van der Waals surface area contributed by atoms with Gasteiger partial charge in [-0.1, -0.05) is 22.0 Å². The van der Waals surface area contributed by atoms with E-state index in [0.29, 0.717) is 6.54 Å². The van der Waals surface area contributed by atoms with Gasteiger partial charge in [0.05, 0.1) is 0 Å². The van der Waals surface area contributed by atoms with Crippen molar-refractivity contribution in [2.45, 2.75) is 13.0 Å². The van der Waals surface area contributed by atoms with Crippen molar-refractivity contribution in [1.82, 2.24) is 0 Å². The first kappa shape index (κ1) is 12.6. The Bertz CT molecular complexity index is 484. The van der Waals surface area contributed by atoms with Crippen LogP contribution in [0.2, 0.25) is 0 Å². The normalized spacial score (nSPS) is 12.4. The van der Waals surface area contributed by atoms with Gasteiger partial charge in [-0.15, -0.1) is 0 Å². The molecule has 0 spiro atoms. The minimum absolute atomic E-state index is 0.0748. The van der Waals surface area contributed by atoms with Gasteiger partial charge in [-0.2, -0.15) is 11.3 Å². The highest BCUT2D eigenvalue weighted by Crippen LogP contribution is 2.28. The zero-order valence-electron chi connectivity index (χ0n) is 9.52. The molecule has 1 heterocycles. The molecule has 0 aliphatic carbocycles. The SMILES string of the molecule is Cc1ccc(Br)cc1OC(CN)c1ccsc1. The molecule has 2 rings (SSSR count). The Morgan fingerprint density at radius 2 is 2.24 bits per heavy atom. The predicted octanol–water partition coefficient (Wildman–Crippen LogP) is 3.90. The van der Waals surface area contributed by atoms with Crippen molar-refractivity contribution < 1.29 is 4.74 Å². The van der Waals surface area contributed by atoms with E-state index in [1.54, 1.807) is 11.3 Å². The Kier molecular flexibility index (Phi) is 4.20. The molecule has 2 nitrogen and oxygen atoms in total. The highest BCUT2D eigenvalue weighted by atomic mass is 79.9. The smallest absolute Gasteiger partial charge is 0.137 e. The molecule has 0 bridgehead atoms. The van der Waals surface area contributed by atoms with Gasteiger partial charge in [0, 0.05) is 16.6 Å². The van der Waals surface area contributed by atoms with Crippen molar-refractivity contribution in [1.29, 1.82) is 0 Å². The van der Waals surface area contributed by atoms with Gasteiger partial charge < -0.3 is 10.5 Å². The van der Waals surface area contributed by atoms with Crippen LogP contribution >= 0.6 is 27.3 Å². The lowest BCUT2D eigenvalue weighted by molar-refractivity contribution is 0.213. The highest BCUT2D eigenvalue weighted by molar-refractivity contribution is 9.10. The van der Waals surface area contributed by atoms with Crippen molar-refractivity contribution in [2.24, 2.45) is 5.73 Å². The summed E-state index contributed by atoms with van der Waals surface area (Å²) >= 11 is 5.10. The van der Waals surface area contributed by atoms with E-state index in [4.69, 9.17) is 10.5 Å². The Balaban J connectivity index is 2.21. The van der Waals surface area contributed by atoms with Crippen LogP contribution in [0.1, 0.15) is 17.2 Å². The standard InChI is InChI=1S/C13H14BrNOS/c1-9-2-3-11(14)6-12(9)16-13(7-15)10-4-5-17-8-10/h2-6,8,13H,7,15H2,1H3. The summed E-state index contributed by atoms with van der Waals surface area (Å²) in [5, 5.41) is 4.11. The molecule has 2 N–H and O–H groups in total. The minimum Gasteiger partial charge on any atom is -0.484 e. The molecule has 0 saturated heterocycles. The van der Waals surface area contributed by atoms with E-state index >= 15 is 0 Å². The van der Waals surface area contributed by atoms with Crippen LogP contribution in [0.25, 0.3) is 0 Å². The third-order valence-corrected chi connectivity index (χ3v) is 3.74. The first-order chi connectivity index (χ1) is 8.20. The fourth-order valence-corrected chi connectivity index (χ4v) is 2.61. The van der Waals surface area contributed by atoms with E-state index in [1.165, 1.54) is 0 Å². The summed E-state index contributed by atoms with van der Waals surface area (Å²) in [5.74, 6) is 0.876. The van der Waals surface area contributed by atoms with Crippen LogP contribution in [0.3, 0.4) is 0 Å². The summed E-state index contributed by atoms with van der Waals surface area (Å²) in [6.45, 7) is 2.51. The number of ether oxygens (including phenoxy) is 1. The molecule has 0 fully saturated rings. The molecular weight excluding hydrogens is 298 g/mol. The van der Waals surface area contributed by atoms with Crippen molar-refractivity contribution in [2.75, 3.05) is 6.54 Å². The minimum atomic E-state index is -0.0748. The average Bonchev–Trinajstić information content (AvgIpc) is 2.84. The number of benzene rings is 1. The second kappa shape index (κ2) is 5.67. The van der Waals surface area contributed by atoms with Crippen LogP contribution in [0, 0.1) is 6.92 Å². The second-order valence-electron chi connectivity index (χ2n) is 3.81. The lowest BCUT2D eigenvalue weighted by atomic mass is 10.2. The van der Waals surface area contributed by atoms with E-state index in [2.05, 4.69) is 27.4 Å². The maximum Gasteiger partial charge on any atom is 0.137 e. The molecule has 0 aliphatic heterocycles. The molecule has 90 valence electrons. The van der Waals surface area contributed by atoms with Gasteiger partial charge in [-0.05, 0) is 41.4 Å². The Hall–Kier alpha value is -0.840. The Morgan fingerprint density at radius 3 is 2.88 bits per heavy atom. The van der Waals surface area contributed by atoms with Crippen molar-refractivity contribution in [3.8, 4) is 5.75 Å². The van der Waals surface area contributed by atoms with Crippen molar-refractivity contribution >= 4 is 27.3 Å². The van der Waals surface area contributed by atoms with Crippen LogP contribution < -0.4 is 10.5 Å². The quantitative estimate of drug-likeness (QED) is 0.929.